The first-order valence-electron chi connectivity index (χ1n) is 5.75. The summed E-state index contributed by atoms with van der Waals surface area (Å²) >= 11 is 0. The number of amides is 1. The molecular weight excluding hydrogens is 250 g/mol. The predicted molar refractivity (Wildman–Crippen MR) is 69.3 cm³/mol. The normalized spacial score (nSPS) is 10.0. The van der Waals surface area contributed by atoms with Gasteiger partial charge in [0.25, 0.3) is 0 Å². The van der Waals surface area contributed by atoms with Crippen molar-refractivity contribution in [1.82, 2.24) is 10.3 Å². The van der Waals surface area contributed by atoms with Crippen molar-refractivity contribution in [2.45, 2.75) is 6.92 Å². The molecule has 1 aromatic heterocycles. The van der Waals surface area contributed by atoms with E-state index in [9.17, 15) is 9.59 Å². The molecule has 0 radical (unpaired) electrons. The molecule has 0 saturated heterocycles. The number of methoxy groups -OCH3 is 1. The first kappa shape index (κ1) is 14.9. The van der Waals surface area contributed by atoms with Crippen LogP contribution in [0.3, 0.4) is 0 Å². The maximum absolute atomic E-state index is 11.4. The first-order valence-corrected chi connectivity index (χ1v) is 5.75. The highest BCUT2D eigenvalue weighted by Crippen LogP contribution is 2.10. The summed E-state index contributed by atoms with van der Waals surface area (Å²) in [5.74, 6) is -0.739. The molecule has 0 saturated carbocycles. The molecule has 0 atom stereocenters. The summed E-state index contributed by atoms with van der Waals surface area (Å²) in [6.07, 6.45) is 0. The Labute approximate surface area is 111 Å². The summed E-state index contributed by atoms with van der Waals surface area (Å²) in [5, 5.41) is 14.3. The number of carbonyl (C=O) groups is 2. The van der Waals surface area contributed by atoms with E-state index >= 15 is 0 Å². The molecule has 19 heavy (non-hydrogen) atoms. The molecule has 1 rings (SSSR count). The highest BCUT2D eigenvalue weighted by molar-refractivity contribution is 5.89. The van der Waals surface area contributed by atoms with E-state index in [-0.39, 0.29) is 18.0 Å². The number of aromatic nitrogens is 1. The molecule has 1 heterocycles. The van der Waals surface area contributed by atoms with Crippen LogP contribution in [0.5, 0.6) is 0 Å². The second-order valence-corrected chi connectivity index (χ2v) is 3.83. The Kier molecular flexibility index (Phi) is 5.74. The van der Waals surface area contributed by atoms with Crippen LogP contribution in [0.1, 0.15) is 16.1 Å². The van der Waals surface area contributed by atoms with Crippen LogP contribution in [0, 0.1) is 6.92 Å². The highest BCUT2D eigenvalue weighted by Gasteiger charge is 2.09. The quantitative estimate of drug-likeness (QED) is 0.613. The lowest BCUT2D eigenvalue weighted by atomic mass is 10.2. The van der Waals surface area contributed by atoms with Gasteiger partial charge in [0.2, 0.25) is 5.91 Å². The molecule has 7 heteroatoms. The topological polar surface area (TPSA) is 101 Å². The summed E-state index contributed by atoms with van der Waals surface area (Å²) in [6, 6.07) is 2.98. The van der Waals surface area contributed by atoms with Crippen molar-refractivity contribution in [3.63, 3.8) is 0 Å². The van der Waals surface area contributed by atoms with Crippen molar-refractivity contribution in [2.24, 2.45) is 0 Å². The third-order valence-electron chi connectivity index (χ3n) is 2.37. The second-order valence-electron chi connectivity index (χ2n) is 3.83. The molecule has 104 valence electrons. The zero-order valence-electron chi connectivity index (χ0n) is 10.9. The minimum absolute atomic E-state index is 0.0720. The van der Waals surface area contributed by atoms with Gasteiger partial charge in [-0.3, -0.25) is 4.79 Å². The van der Waals surface area contributed by atoms with Crippen LogP contribution in [0.15, 0.2) is 12.1 Å². The van der Waals surface area contributed by atoms with Crippen LogP contribution in [-0.2, 0) is 9.53 Å². The van der Waals surface area contributed by atoms with Gasteiger partial charge in [-0.05, 0) is 19.1 Å². The largest absolute Gasteiger partial charge is 0.478 e. The van der Waals surface area contributed by atoms with Gasteiger partial charge in [-0.25, -0.2) is 9.78 Å². The Bertz CT molecular complexity index is 462. The number of aryl methyl sites for hydroxylation is 1. The number of aromatic carboxylic acids is 1. The lowest BCUT2D eigenvalue weighted by Gasteiger charge is -2.08. The third kappa shape index (κ3) is 4.92. The first-order chi connectivity index (χ1) is 9.04. The molecule has 0 aliphatic rings. The molecule has 0 spiro atoms. The molecule has 0 aliphatic heterocycles. The van der Waals surface area contributed by atoms with Gasteiger partial charge >= 0.3 is 5.97 Å². The number of carboxylic acids is 1. The smallest absolute Gasteiger partial charge is 0.337 e. The van der Waals surface area contributed by atoms with Crippen molar-refractivity contribution in [1.29, 1.82) is 0 Å². The summed E-state index contributed by atoms with van der Waals surface area (Å²) in [4.78, 5) is 26.3. The van der Waals surface area contributed by atoms with Gasteiger partial charge in [0.1, 0.15) is 5.82 Å². The molecule has 0 bridgehead atoms. The minimum atomic E-state index is -1.02. The van der Waals surface area contributed by atoms with E-state index in [2.05, 4.69) is 15.6 Å². The van der Waals surface area contributed by atoms with Crippen molar-refractivity contribution >= 4 is 17.7 Å². The van der Waals surface area contributed by atoms with Crippen LogP contribution < -0.4 is 10.6 Å². The van der Waals surface area contributed by atoms with Crippen LogP contribution in [0.2, 0.25) is 0 Å². The van der Waals surface area contributed by atoms with E-state index in [1.807, 2.05) is 0 Å². The number of ether oxygens (including phenoxy) is 1. The van der Waals surface area contributed by atoms with Crippen LogP contribution in [0.4, 0.5) is 5.82 Å². The Morgan fingerprint density at radius 2 is 2.16 bits per heavy atom. The zero-order valence-corrected chi connectivity index (χ0v) is 10.9. The number of pyridine rings is 1. The van der Waals surface area contributed by atoms with E-state index in [1.54, 1.807) is 14.0 Å². The third-order valence-corrected chi connectivity index (χ3v) is 2.37. The average Bonchev–Trinajstić information content (AvgIpc) is 2.36. The Morgan fingerprint density at radius 3 is 2.74 bits per heavy atom. The maximum Gasteiger partial charge on any atom is 0.337 e. The van der Waals surface area contributed by atoms with Crippen molar-refractivity contribution in [3.05, 3.63) is 23.4 Å². The fourth-order valence-electron chi connectivity index (χ4n) is 1.41. The van der Waals surface area contributed by atoms with Gasteiger partial charge in [-0.2, -0.15) is 0 Å². The maximum atomic E-state index is 11.4. The second kappa shape index (κ2) is 7.32. The molecule has 7 nitrogen and oxygen atoms in total. The summed E-state index contributed by atoms with van der Waals surface area (Å²) in [5.41, 5.74) is 0.549. The van der Waals surface area contributed by atoms with E-state index < -0.39 is 5.97 Å². The number of hydrogen-bond acceptors (Lipinski definition) is 5. The summed E-state index contributed by atoms with van der Waals surface area (Å²) < 4.78 is 4.80. The lowest BCUT2D eigenvalue weighted by Crippen LogP contribution is -2.32. The SMILES string of the molecule is COCCNC(=O)CNc1ccc(C(=O)O)c(C)n1. The van der Waals surface area contributed by atoms with E-state index in [4.69, 9.17) is 9.84 Å². The number of hydrogen-bond donors (Lipinski definition) is 3. The number of anilines is 1. The van der Waals surface area contributed by atoms with Crippen molar-refractivity contribution < 1.29 is 19.4 Å². The van der Waals surface area contributed by atoms with Gasteiger partial charge in [-0.15, -0.1) is 0 Å². The van der Waals surface area contributed by atoms with Gasteiger partial charge < -0.3 is 20.5 Å². The van der Waals surface area contributed by atoms with Crippen LogP contribution in [0.25, 0.3) is 0 Å². The van der Waals surface area contributed by atoms with Gasteiger partial charge in [0.05, 0.1) is 24.4 Å². The molecule has 0 aliphatic carbocycles. The highest BCUT2D eigenvalue weighted by atomic mass is 16.5. The number of carboxylic acid groups (broad SMARTS) is 1. The zero-order chi connectivity index (χ0) is 14.3. The Morgan fingerprint density at radius 1 is 1.42 bits per heavy atom. The summed E-state index contributed by atoms with van der Waals surface area (Å²) in [7, 11) is 1.56. The van der Waals surface area contributed by atoms with Gasteiger partial charge in [0, 0.05) is 13.7 Å². The molecular formula is C12H17N3O4. The fraction of sp³-hybridized carbons (Fsp3) is 0.417. The monoisotopic (exact) mass is 267 g/mol. The van der Waals surface area contributed by atoms with Gasteiger partial charge in [-0.1, -0.05) is 0 Å². The predicted octanol–water partition coefficient (Wildman–Crippen LogP) is 0.263. The van der Waals surface area contributed by atoms with E-state index in [0.29, 0.717) is 24.7 Å². The summed E-state index contributed by atoms with van der Waals surface area (Å²) in [6.45, 7) is 2.58. The van der Waals surface area contributed by atoms with Crippen molar-refractivity contribution in [2.75, 3.05) is 32.1 Å². The Hall–Kier alpha value is -2.15. The number of nitrogens with one attached hydrogen (secondary N) is 2. The molecule has 1 amide bonds. The molecule has 1 aromatic rings. The number of nitrogens with zero attached hydrogens (tertiary/aromatic N) is 1. The van der Waals surface area contributed by atoms with Crippen LogP contribution >= 0.6 is 0 Å². The van der Waals surface area contributed by atoms with E-state index in [0.717, 1.165) is 0 Å². The fourth-order valence-corrected chi connectivity index (χ4v) is 1.41. The minimum Gasteiger partial charge on any atom is -0.478 e. The average molecular weight is 267 g/mol. The molecule has 0 aromatic carbocycles. The van der Waals surface area contributed by atoms with E-state index in [1.165, 1.54) is 12.1 Å². The molecule has 0 unspecified atom stereocenters. The number of carbonyl (C=O) groups excluding carboxylic acids is 1. The molecule has 0 fully saturated rings. The van der Waals surface area contributed by atoms with Crippen LogP contribution in [-0.4, -0.2) is 48.8 Å². The van der Waals surface area contributed by atoms with Gasteiger partial charge in [0.15, 0.2) is 0 Å². The molecule has 3 N–H and O–H groups in total. The Balaban J connectivity index is 2.48. The lowest BCUT2D eigenvalue weighted by molar-refractivity contribution is -0.119. The van der Waals surface area contributed by atoms with Crippen molar-refractivity contribution in [3.8, 4) is 0 Å². The standard InChI is InChI=1S/C12H17N3O4/c1-8-9(12(17)18)3-4-10(15-8)14-7-11(16)13-5-6-19-2/h3-4H,5-7H2,1-2H3,(H,13,16)(H,14,15)(H,17,18). The number of rotatable bonds is 7.